The van der Waals surface area contributed by atoms with Crippen molar-refractivity contribution in [3.63, 3.8) is 0 Å². The number of aryl methyl sites for hydroxylation is 1. The Labute approximate surface area is 193 Å². The molecule has 4 rings (SSSR count). The highest BCUT2D eigenvalue weighted by molar-refractivity contribution is 6.31. The number of nitrogens with zero attached hydrogens (tertiary/aromatic N) is 1. The van der Waals surface area contributed by atoms with Crippen LogP contribution in [0.5, 0.6) is 5.88 Å². The zero-order valence-electron chi connectivity index (χ0n) is 18.3. The molecule has 0 spiro atoms. The van der Waals surface area contributed by atoms with Crippen molar-refractivity contribution in [2.24, 2.45) is 0 Å². The van der Waals surface area contributed by atoms with Gasteiger partial charge in [-0.2, -0.15) is 0 Å². The first-order valence-electron chi connectivity index (χ1n) is 10.9. The molecular weight excluding hydrogens is 428 g/mol. The molecule has 1 amide bonds. The van der Waals surface area contributed by atoms with Crippen LogP contribution in [0.3, 0.4) is 0 Å². The van der Waals surface area contributed by atoms with Crippen molar-refractivity contribution < 1.29 is 19.1 Å². The van der Waals surface area contributed by atoms with E-state index in [0.717, 1.165) is 47.2 Å². The van der Waals surface area contributed by atoms with Crippen LogP contribution in [0.1, 0.15) is 60.4 Å². The molecule has 7 heteroatoms. The number of halogens is 1. The summed E-state index contributed by atoms with van der Waals surface area (Å²) in [6, 6.07) is 9.83. The molecule has 1 aliphatic carbocycles. The molecule has 1 N–H and O–H groups in total. The number of hydrogen-bond acceptors (Lipinski definition) is 5. The van der Waals surface area contributed by atoms with Crippen LogP contribution in [-0.4, -0.2) is 37.1 Å². The molecule has 6 nitrogen and oxygen atoms in total. The van der Waals surface area contributed by atoms with E-state index in [1.165, 1.54) is 7.11 Å². The van der Waals surface area contributed by atoms with Crippen LogP contribution in [-0.2, 0) is 20.7 Å². The van der Waals surface area contributed by atoms with Gasteiger partial charge < -0.3 is 14.8 Å². The van der Waals surface area contributed by atoms with Gasteiger partial charge in [0, 0.05) is 35.0 Å². The molecule has 2 heterocycles. The second kappa shape index (κ2) is 9.74. The minimum absolute atomic E-state index is 0.0522. The van der Waals surface area contributed by atoms with Crippen LogP contribution in [0.15, 0.2) is 36.4 Å². The second-order valence-electron chi connectivity index (χ2n) is 8.24. The van der Waals surface area contributed by atoms with E-state index in [1.807, 2.05) is 30.3 Å². The first kappa shape index (κ1) is 22.3. The van der Waals surface area contributed by atoms with Gasteiger partial charge in [-0.1, -0.05) is 35.9 Å². The predicted octanol–water partition coefficient (Wildman–Crippen LogP) is 4.44. The van der Waals surface area contributed by atoms with Crippen molar-refractivity contribution in [3.05, 3.63) is 63.8 Å². The molecular formula is C25H27ClN2O4. The molecule has 2 aromatic rings. The number of carbonyl (C=O) groups is 2. The van der Waals surface area contributed by atoms with Crippen molar-refractivity contribution >= 4 is 29.1 Å². The Kier molecular flexibility index (Phi) is 6.80. The maximum Gasteiger partial charge on any atom is 0.305 e. The summed E-state index contributed by atoms with van der Waals surface area (Å²) in [5.74, 6) is 0.954. The van der Waals surface area contributed by atoms with E-state index >= 15 is 0 Å². The Morgan fingerprint density at radius 1 is 1.22 bits per heavy atom. The van der Waals surface area contributed by atoms with E-state index in [1.54, 1.807) is 7.11 Å². The number of nitrogens with one attached hydrogen (secondary N) is 1. The summed E-state index contributed by atoms with van der Waals surface area (Å²) in [6.45, 7) is 0. The van der Waals surface area contributed by atoms with E-state index in [0.29, 0.717) is 29.7 Å². The topological polar surface area (TPSA) is 77.5 Å². The van der Waals surface area contributed by atoms with Crippen molar-refractivity contribution in [1.82, 2.24) is 10.3 Å². The highest BCUT2D eigenvalue weighted by Gasteiger charge is 2.28. The fourth-order valence-corrected chi connectivity index (χ4v) is 4.29. The third-order valence-corrected chi connectivity index (χ3v) is 6.31. The van der Waals surface area contributed by atoms with Crippen LogP contribution in [0, 0.1) is 0 Å². The first-order chi connectivity index (χ1) is 15.5. The molecule has 1 aromatic heterocycles. The van der Waals surface area contributed by atoms with Crippen LogP contribution in [0.2, 0.25) is 5.02 Å². The first-order valence-corrected chi connectivity index (χ1v) is 11.3. The van der Waals surface area contributed by atoms with Gasteiger partial charge in [0.1, 0.15) is 0 Å². The van der Waals surface area contributed by atoms with Crippen LogP contribution in [0.25, 0.3) is 5.57 Å². The summed E-state index contributed by atoms with van der Waals surface area (Å²) in [5.41, 5.74) is 4.57. The molecule has 32 heavy (non-hydrogen) atoms. The normalized spacial score (nSPS) is 18.4. The average Bonchev–Trinajstić information content (AvgIpc) is 3.57. The zero-order valence-corrected chi connectivity index (χ0v) is 19.1. The molecule has 0 bridgehead atoms. The lowest BCUT2D eigenvalue weighted by molar-refractivity contribution is -0.140. The van der Waals surface area contributed by atoms with Crippen molar-refractivity contribution in [2.45, 2.75) is 50.5 Å². The highest BCUT2D eigenvalue weighted by atomic mass is 35.5. The molecule has 1 saturated heterocycles. The van der Waals surface area contributed by atoms with Crippen LogP contribution in [0.4, 0.5) is 0 Å². The van der Waals surface area contributed by atoms with E-state index in [4.69, 9.17) is 26.1 Å². The summed E-state index contributed by atoms with van der Waals surface area (Å²) in [6.07, 6.45) is 6.40. The Hall–Kier alpha value is -2.86. The molecule has 2 fully saturated rings. The van der Waals surface area contributed by atoms with Crippen molar-refractivity contribution in [1.29, 1.82) is 0 Å². The maximum atomic E-state index is 11.8. The molecule has 1 saturated carbocycles. The van der Waals surface area contributed by atoms with E-state index in [9.17, 15) is 9.59 Å². The SMILES string of the molecule is COC(=O)CCc1ccc(/C(=C\[C@H]2CCC(=O)N2)c2ccc(C3CC3)c(OC)n2)cc1Cl. The number of aromatic nitrogens is 1. The van der Waals surface area contributed by atoms with Gasteiger partial charge in [0.05, 0.1) is 19.9 Å². The number of pyridine rings is 1. The highest BCUT2D eigenvalue weighted by Crippen LogP contribution is 2.44. The molecule has 1 aromatic carbocycles. The zero-order chi connectivity index (χ0) is 22.7. The lowest BCUT2D eigenvalue weighted by Crippen LogP contribution is -2.23. The minimum atomic E-state index is -0.269. The third kappa shape index (κ3) is 5.13. The van der Waals surface area contributed by atoms with Crippen molar-refractivity contribution in [2.75, 3.05) is 14.2 Å². The number of carbonyl (C=O) groups excluding carboxylic acids is 2. The Morgan fingerprint density at radius 3 is 2.66 bits per heavy atom. The summed E-state index contributed by atoms with van der Waals surface area (Å²) in [4.78, 5) is 28.0. The molecule has 0 radical (unpaired) electrons. The quantitative estimate of drug-likeness (QED) is 0.597. The summed E-state index contributed by atoms with van der Waals surface area (Å²) < 4.78 is 10.3. The van der Waals surface area contributed by atoms with Crippen LogP contribution < -0.4 is 10.1 Å². The third-order valence-electron chi connectivity index (χ3n) is 5.96. The smallest absolute Gasteiger partial charge is 0.305 e. The standard InChI is InChI=1S/C25H27ClN2O4/c1-31-24(30)12-7-16-5-6-17(13-21(16)26)20(14-18-8-11-23(29)27-18)22-10-9-19(15-3-4-15)25(28-22)32-2/h5-6,9-10,13-15,18H,3-4,7-8,11-12H2,1-2H3,(H,27,29)/b20-14+/t18-/m1/s1. The number of methoxy groups -OCH3 is 2. The van der Waals surface area contributed by atoms with Gasteiger partial charge in [0.2, 0.25) is 11.8 Å². The number of rotatable bonds is 8. The number of esters is 1. The number of ether oxygens (including phenoxy) is 2. The van der Waals surface area contributed by atoms with Gasteiger partial charge in [-0.05, 0) is 54.9 Å². The van der Waals surface area contributed by atoms with Gasteiger partial charge in [0.15, 0.2) is 0 Å². The van der Waals surface area contributed by atoms with Crippen molar-refractivity contribution in [3.8, 4) is 5.88 Å². The number of amides is 1. The fraction of sp³-hybridized carbons (Fsp3) is 0.400. The van der Waals surface area contributed by atoms with E-state index in [-0.39, 0.29) is 24.3 Å². The number of hydrogen-bond donors (Lipinski definition) is 1. The van der Waals surface area contributed by atoms with E-state index < -0.39 is 0 Å². The Balaban J connectivity index is 1.69. The fourth-order valence-electron chi connectivity index (χ4n) is 4.02. The second-order valence-corrected chi connectivity index (χ2v) is 8.65. The summed E-state index contributed by atoms with van der Waals surface area (Å²) in [5, 5.41) is 3.58. The molecule has 1 atom stereocenters. The maximum absolute atomic E-state index is 11.8. The van der Waals surface area contributed by atoms with Gasteiger partial charge in [-0.25, -0.2) is 4.98 Å². The Morgan fingerprint density at radius 2 is 2.03 bits per heavy atom. The predicted molar refractivity (Wildman–Crippen MR) is 123 cm³/mol. The summed E-state index contributed by atoms with van der Waals surface area (Å²) in [7, 11) is 3.02. The lowest BCUT2D eigenvalue weighted by atomic mass is 9.96. The molecule has 0 unspecified atom stereocenters. The molecule has 2 aliphatic rings. The molecule has 1 aliphatic heterocycles. The van der Waals surface area contributed by atoms with Gasteiger partial charge in [-0.3, -0.25) is 9.59 Å². The molecule has 168 valence electrons. The average molecular weight is 455 g/mol. The van der Waals surface area contributed by atoms with E-state index in [2.05, 4.69) is 11.4 Å². The van der Waals surface area contributed by atoms with Gasteiger partial charge in [0.25, 0.3) is 0 Å². The van der Waals surface area contributed by atoms with Gasteiger partial charge >= 0.3 is 5.97 Å². The van der Waals surface area contributed by atoms with Crippen LogP contribution >= 0.6 is 11.6 Å². The Bertz CT molecular complexity index is 1060. The van der Waals surface area contributed by atoms with Gasteiger partial charge in [-0.15, -0.1) is 0 Å². The minimum Gasteiger partial charge on any atom is -0.481 e. The largest absolute Gasteiger partial charge is 0.481 e. The monoisotopic (exact) mass is 454 g/mol. The number of benzene rings is 1. The summed E-state index contributed by atoms with van der Waals surface area (Å²) >= 11 is 6.57. The lowest BCUT2D eigenvalue weighted by Gasteiger charge is -2.15.